The van der Waals surface area contributed by atoms with Gasteiger partial charge in [-0.05, 0) is 18.2 Å². The number of rotatable bonds is 4. The van der Waals surface area contributed by atoms with Crippen LogP contribution in [0.15, 0.2) is 18.2 Å². The number of benzene rings is 1. The standard InChI is InChI=1S/C14H18FN3O/c1-19-14-3-2-11(15)10-12(14)13(4-5-16)18-8-6-17-7-9-18/h2-3,10,13,17H,4,6-9H2,1H3/t13-/m1/s1. The fraction of sp³-hybridized carbons (Fsp3) is 0.500. The van der Waals surface area contributed by atoms with Gasteiger partial charge in [-0.2, -0.15) is 5.26 Å². The molecule has 0 saturated carbocycles. The maximum absolute atomic E-state index is 13.5. The summed E-state index contributed by atoms with van der Waals surface area (Å²) < 4.78 is 18.8. The van der Waals surface area contributed by atoms with Gasteiger partial charge in [0.15, 0.2) is 0 Å². The topological polar surface area (TPSA) is 48.3 Å². The second-order valence-corrected chi connectivity index (χ2v) is 4.55. The first-order chi connectivity index (χ1) is 9.26. The molecule has 1 atom stereocenters. The Morgan fingerprint density at radius 2 is 2.21 bits per heavy atom. The lowest BCUT2D eigenvalue weighted by Gasteiger charge is -2.34. The summed E-state index contributed by atoms with van der Waals surface area (Å²) in [5.41, 5.74) is 0.756. The van der Waals surface area contributed by atoms with Crippen LogP contribution in [0.2, 0.25) is 0 Å². The van der Waals surface area contributed by atoms with Crippen molar-refractivity contribution < 1.29 is 9.13 Å². The Labute approximate surface area is 112 Å². The van der Waals surface area contributed by atoms with Gasteiger partial charge >= 0.3 is 0 Å². The number of hydrogen-bond donors (Lipinski definition) is 1. The van der Waals surface area contributed by atoms with Gasteiger partial charge in [0.05, 0.1) is 25.6 Å². The minimum atomic E-state index is -0.297. The zero-order valence-electron chi connectivity index (χ0n) is 11.0. The molecule has 2 rings (SSSR count). The fourth-order valence-electron chi connectivity index (χ4n) is 2.48. The van der Waals surface area contributed by atoms with Crippen LogP contribution in [-0.4, -0.2) is 38.2 Å². The van der Waals surface area contributed by atoms with Crippen LogP contribution in [0.4, 0.5) is 4.39 Å². The van der Waals surface area contributed by atoms with Gasteiger partial charge in [0, 0.05) is 31.7 Å². The van der Waals surface area contributed by atoms with Crippen LogP contribution in [0.1, 0.15) is 18.0 Å². The first-order valence-electron chi connectivity index (χ1n) is 6.41. The van der Waals surface area contributed by atoms with Crippen molar-refractivity contribution in [2.45, 2.75) is 12.5 Å². The number of piperazine rings is 1. The lowest BCUT2D eigenvalue weighted by Crippen LogP contribution is -2.45. The molecule has 1 heterocycles. The zero-order chi connectivity index (χ0) is 13.7. The molecule has 0 radical (unpaired) electrons. The molecule has 0 amide bonds. The molecule has 102 valence electrons. The fourth-order valence-corrected chi connectivity index (χ4v) is 2.48. The summed E-state index contributed by atoms with van der Waals surface area (Å²) in [5, 5.41) is 12.3. The molecule has 0 unspecified atom stereocenters. The predicted molar refractivity (Wildman–Crippen MR) is 70.4 cm³/mol. The molecular formula is C14H18FN3O. The Kier molecular flexibility index (Phi) is 4.72. The van der Waals surface area contributed by atoms with Gasteiger partial charge in [0.25, 0.3) is 0 Å². The number of nitrogens with one attached hydrogen (secondary N) is 1. The quantitative estimate of drug-likeness (QED) is 0.898. The van der Waals surface area contributed by atoms with E-state index >= 15 is 0 Å². The van der Waals surface area contributed by atoms with Crippen LogP contribution < -0.4 is 10.1 Å². The van der Waals surface area contributed by atoms with Gasteiger partial charge < -0.3 is 10.1 Å². The number of nitriles is 1. The highest BCUT2D eigenvalue weighted by Gasteiger charge is 2.25. The summed E-state index contributed by atoms with van der Waals surface area (Å²) in [5.74, 6) is 0.342. The summed E-state index contributed by atoms with van der Waals surface area (Å²) in [6, 6.07) is 6.56. The van der Waals surface area contributed by atoms with Crippen molar-refractivity contribution in [1.29, 1.82) is 5.26 Å². The van der Waals surface area contributed by atoms with Crippen molar-refractivity contribution in [3.63, 3.8) is 0 Å². The largest absolute Gasteiger partial charge is 0.496 e. The lowest BCUT2D eigenvalue weighted by atomic mass is 10.0. The van der Waals surface area contributed by atoms with Gasteiger partial charge in [0.2, 0.25) is 0 Å². The third-order valence-electron chi connectivity index (χ3n) is 3.43. The van der Waals surface area contributed by atoms with E-state index in [2.05, 4.69) is 16.3 Å². The van der Waals surface area contributed by atoms with E-state index in [1.807, 2.05) is 0 Å². The average Bonchev–Trinajstić information content (AvgIpc) is 2.45. The molecule has 0 aromatic heterocycles. The van der Waals surface area contributed by atoms with Crippen LogP contribution in [-0.2, 0) is 0 Å². The molecule has 1 aliphatic rings. The molecule has 19 heavy (non-hydrogen) atoms. The first-order valence-corrected chi connectivity index (χ1v) is 6.41. The normalized spacial score (nSPS) is 17.7. The summed E-state index contributed by atoms with van der Waals surface area (Å²) in [6.07, 6.45) is 0.333. The highest BCUT2D eigenvalue weighted by atomic mass is 19.1. The third kappa shape index (κ3) is 3.22. The molecule has 0 aliphatic carbocycles. The van der Waals surface area contributed by atoms with Crippen molar-refractivity contribution in [2.24, 2.45) is 0 Å². The molecular weight excluding hydrogens is 245 g/mol. The van der Waals surface area contributed by atoms with E-state index in [9.17, 15) is 4.39 Å². The number of methoxy groups -OCH3 is 1. The van der Waals surface area contributed by atoms with Crippen LogP contribution in [0.5, 0.6) is 5.75 Å². The highest BCUT2D eigenvalue weighted by molar-refractivity contribution is 5.37. The van der Waals surface area contributed by atoms with Crippen LogP contribution in [0.25, 0.3) is 0 Å². The molecule has 1 aromatic rings. The van der Waals surface area contributed by atoms with E-state index in [-0.39, 0.29) is 11.9 Å². The molecule has 1 fully saturated rings. The van der Waals surface area contributed by atoms with E-state index in [4.69, 9.17) is 10.00 Å². The molecule has 4 nitrogen and oxygen atoms in total. The Morgan fingerprint density at radius 1 is 1.47 bits per heavy atom. The van der Waals surface area contributed by atoms with Gasteiger partial charge in [-0.1, -0.05) is 0 Å². The van der Waals surface area contributed by atoms with Crippen molar-refractivity contribution in [3.05, 3.63) is 29.6 Å². The third-order valence-corrected chi connectivity index (χ3v) is 3.43. The predicted octanol–water partition coefficient (Wildman–Crippen LogP) is 1.69. The van der Waals surface area contributed by atoms with Gasteiger partial charge in [-0.3, -0.25) is 4.90 Å². The minimum Gasteiger partial charge on any atom is -0.496 e. The van der Waals surface area contributed by atoms with Crippen molar-refractivity contribution in [2.75, 3.05) is 33.3 Å². The number of ether oxygens (including phenoxy) is 1. The lowest BCUT2D eigenvalue weighted by molar-refractivity contribution is 0.172. The number of nitrogens with zero attached hydrogens (tertiary/aromatic N) is 2. The summed E-state index contributed by atoms with van der Waals surface area (Å²) in [4.78, 5) is 2.21. The van der Waals surface area contributed by atoms with E-state index in [1.165, 1.54) is 12.1 Å². The van der Waals surface area contributed by atoms with Gasteiger partial charge in [-0.25, -0.2) is 4.39 Å². The van der Waals surface area contributed by atoms with E-state index < -0.39 is 0 Å². The monoisotopic (exact) mass is 263 g/mol. The van der Waals surface area contributed by atoms with Crippen molar-refractivity contribution in [1.82, 2.24) is 10.2 Å². The van der Waals surface area contributed by atoms with E-state index in [0.29, 0.717) is 12.2 Å². The second kappa shape index (κ2) is 6.50. The molecule has 5 heteroatoms. The number of hydrogen-bond acceptors (Lipinski definition) is 4. The molecule has 1 saturated heterocycles. The minimum absolute atomic E-state index is 0.113. The van der Waals surface area contributed by atoms with E-state index in [0.717, 1.165) is 31.7 Å². The molecule has 0 bridgehead atoms. The van der Waals surface area contributed by atoms with Crippen molar-refractivity contribution >= 4 is 0 Å². The second-order valence-electron chi connectivity index (χ2n) is 4.55. The van der Waals surface area contributed by atoms with Crippen LogP contribution >= 0.6 is 0 Å². The van der Waals surface area contributed by atoms with Gasteiger partial charge in [0.1, 0.15) is 11.6 Å². The SMILES string of the molecule is COc1ccc(F)cc1[C@@H](CC#N)N1CCNCC1. The van der Waals surface area contributed by atoms with Crippen LogP contribution in [0, 0.1) is 17.1 Å². The maximum Gasteiger partial charge on any atom is 0.123 e. The summed E-state index contributed by atoms with van der Waals surface area (Å²) in [7, 11) is 1.57. The molecule has 1 aliphatic heterocycles. The van der Waals surface area contributed by atoms with Crippen LogP contribution in [0.3, 0.4) is 0 Å². The molecule has 1 aromatic carbocycles. The smallest absolute Gasteiger partial charge is 0.123 e. The average molecular weight is 263 g/mol. The summed E-state index contributed by atoms with van der Waals surface area (Å²) in [6.45, 7) is 3.48. The first kappa shape index (κ1) is 13.8. The maximum atomic E-state index is 13.5. The molecule has 1 N–H and O–H groups in total. The number of halogens is 1. The van der Waals surface area contributed by atoms with E-state index in [1.54, 1.807) is 13.2 Å². The Balaban J connectivity index is 2.32. The summed E-state index contributed by atoms with van der Waals surface area (Å²) >= 11 is 0. The highest BCUT2D eigenvalue weighted by Crippen LogP contribution is 2.32. The zero-order valence-corrected chi connectivity index (χ0v) is 11.0. The Morgan fingerprint density at radius 3 is 2.84 bits per heavy atom. The molecule has 0 spiro atoms. The van der Waals surface area contributed by atoms with Crippen molar-refractivity contribution in [3.8, 4) is 11.8 Å². The van der Waals surface area contributed by atoms with Gasteiger partial charge in [-0.15, -0.1) is 0 Å². The Hall–Kier alpha value is -1.64. The Bertz CT molecular complexity index is 466.